The molecule has 0 saturated carbocycles. The molecular formula is C22H20N4O4S2. The number of nitriles is 1. The van der Waals surface area contributed by atoms with Crippen LogP contribution < -0.4 is 15.2 Å². The maximum absolute atomic E-state index is 12.2. The van der Waals surface area contributed by atoms with Crippen LogP contribution in [0.5, 0.6) is 5.75 Å². The van der Waals surface area contributed by atoms with E-state index >= 15 is 0 Å². The Bertz CT molecular complexity index is 1250. The molecule has 32 heavy (non-hydrogen) atoms. The number of carbonyl (C=O) groups excluding carboxylic acids is 1. The number of benzene rings is 2. The third-order valence-corrected chi connectivity index (χ3v) is 6.32. The maximum Gasteiger partial charge on any atom is 0.238 e. The lowest BCUT2D eigenvalue weighted by Crippen LogP contribution is -2.14. The lowest BCUT2D eigenvalue weighted by atomic mass is 10.1. The number of nitrogens with two attached hydrogens (primary N) is 1. The Morgan fingerprint density at radius 1 is 1.12 bits per heavy atom. The van der Waals surface area contributed by atoms with Gasteiger partial charge in [0.1, 0.15) is 16.8 Å². The summed E-state index contributed by atoms with van der Waals surface area (Å²) in [6.07, 6.45) is 0.181. The van der Waals surface area contributed by atoms with Gasteiger partial charge >= 0.3 is 0 Å². The van der Waals surface area contributed by atoms with Gasteiger partial charge in [0.15, 0.2) is 0 Å². The number of hydrogen-bond acceptors (Lipinski definition) is 7. The number of amides is 1. The summed E-state index contributed by atoms with van der Waals surface area (Å²) < 4.78 is 27.7. The fraction of sp³-hybridized carbons (Fsp3) is 0.136. The Balaban J connectivity index is 1.62. The molecule has 0 radical (unpaired) electrons. The first-order valence-corrected chi connectivity index (χ1v) is 11.9. The third-order valence-electron chi connectivity index (χ3n) is 4.40. The molecule has 0 unspecified atom stereocenters. The summed E-state index contributed by atoms with van der Waals surface area (Å²) in [5, 5.41) is 17.7. The number of nitrogens with one attached hydrogen (secondary N) is 1. The number of nitrogens with zero attached hydrogens (tertiary/aromatic N) is 2. The van der Waals surface area contributed by atoms with Gasteiger partial charge in [-0.3, -0.25) is 4.79 Å². The van der Waals surface area contributed by atoms with Gasteiger partial charge in [0.25, 0.3) is 0 Å². The van der Waals surface area contributed by atoms with Crippen LogP contribution in [0.1, 0.15) is 12.0 Å². The van der Waals surface area contributed by atoms with Crippen molar-refractivity contribution in [1.82, 2.24) is 4.98 Å². The van der Waals surface area contributed by atoms with E-state index in [9.17, 15) is 18.5 Å². The number of anilines is 1. The molecule has 164 valence electrons. The maximum atomic E-state index is 12.2. The van der Waals surface area contributed by atoms with Crippen LogP contribution in [0.15, 0.2) is 70.6 Å². The highest BCUT2D eigenvalue weighted by molar-refractivity contribution is 7.99. The molecule has 0 atom stereocenters. The molecule has 0 aliphatic rings. The largest absolute Gasteiger partial charge is 0.497 e. The zero-order valence-electron chi connectivity index (χ0n) is 17.1. The van der Waals surface area contributed by atoms with Crippen LogP contribution in [0.3, 0.4) is 0 Å². The van der Waals surface area contributed by atoms with Gasteiger partial charge in [0, 0.05) is 23.4 Å². The molecule has 3 aromatic rings. The zero-order valence-corrected chi connectivity index (χ0v) is 18.7. The van der Waals surface area contributed by atoms with Crippen LogP contribution >= 0.6 is 11.8 Å². The molecule has 0 aliphatic carbocycles. The summed E-state index contributed by atoms with van der Waals surface area (Å²) in [4.78, 5) is 16.8. The fourth-order valence-corrected chi connectivity index (χ4v) is 4.18. The SMILES string of the molecule is COc1ccc(-c2ccc(C#N)c(SCCC(=O)Nc3ccc(S(N)(=O)=O)cc3)n2)cc1. The van der Waals surface area contributed by atoms with Gasteiger partial charge in [0.05, 0.1) is 23.3 Å². The predicted molar refractivity (Wildman–Crippen MR) is 123 cm³/mol. The monoisotopic (exact) mass is 468 g/mol. The van der Waals surface area contributed by atoms with E-state index in [1.54, 1.807) is 19.2 Å². The van der Waals surface area contributed by atoms with Crippen molar-refractivity contribution >= 4 is 33.4 Å². The highest BCUT2D eigenvalue weighted by Gasteiger charge is 2.11. The number of hydrogen-bond donors (Lipinski definition) is 2. The molecule has 3 N–H and O–H groups in total. The standard InChI is InChI=1S/C22H20N4O4S2/c1-30-18-7-2-15(3-8-18)20-11-4-16(14-23)22(26-20)31-13-12-21(27)25-17-5-9-19(10-6-17)32(24,28)29/h2-11H,12-13H2,1H3,(H,25,27)(H2,24,28,29). The first-order valence-electron chi connectivity index (χ1n) is 9.41. The van der Waals surface area contributed by atoms with Crippen molar-refractivity contribution in [1.29, 1.82) is 5.26 Å². The van der Waals surface area contributed by atoms with Crippen LogP contribution in [0.25, 0.3) is 11.3 Å². The van der Waals surface area contributed by atoms with Crippen LogP contribution in [0, 0.1) is 11.3 Å². The average Bonchev–Trinajstić information content (AvgIpc) is 2.79. The van der Waals surface area contributed by atoms with E-state index in [-0.39, 0.29) is 17.2 Å². The van der Waals surface area contributed by atoms with Crippen LogP contribution in [0.4, 0.5) is 5.69 Å². The number of sulfonamides is 1. The number of rotatable bonds is 8. The Labute approximate surface area is 190 Å². The van der Waals surface area contributed by atoms with E-state index in [1.807, 2.05) is 24.3 Å². The summed E-state index contributed by atoms with van der Waals surface area (Å²) in [5.41, 5.74) is 2.50. The fourth-order valence-electron chi connectivity index (χ4n) is 2.75. The molecule has 2 aromatic carbocycles. The second kappa shape index (κ2) is 10.3. The molecule has 1 amide bonds. The normalized spacial score (nSPS) is 10.9. The first kappa shape index (κ1) is 23.3. The second-order valence-corrected chi connectivity index (χ2v) is 9.25. The van der Waals surface area contributed by atoms with Gasteiger partial charge in [-0.05, 0) is 60.7 Å². The van der Waals surface area contributed by atoms with Gasteiger partial charge in [-0.1, -0.05) is 0 Å². The highest BCUT2D eigenvalue weighted by atomic mass is 32.2. The summed E-state index contributed by atoms with van der Waals surface area (Å²) in [6.45, 7) is 0. The number of aromatic nitrogens is 1. The molecule has 0 saturated heterocycles. The van der Waals surface area contributed by atoms with Crippen molar-refractivity contribution < 1.29 is 17.9 Å². The van der Waals surface area contributed by atoms with Crippen molar-refractivity contribution in [3.05, 3.63) is 66.2 Å². The molecule has 0 bridgehead atoms. The highest BCUT2D eigenvalue weighted by Crippen LogP contribution is 2.27. The summed E-state index contributed by atoms with van der Waals surface area (Å²) >= 11 is 1.32. The van der Waals surface area contributed by atoms with Gasteiger partial charge in [-0.2, -0.15) is 5.26 Å². The smallest absolute Gasteiger partial charge is 0.238 e. The minimum absolute atomic E-state index is 0.0297. The topological polar surface area (TPSA) is 135 Å². The van der Waals surface area contributed by atoms with Gasteiger partial charge in [-0.25, -0.2) is 18.5 Å². The molecule has 10 heteroatoms. The van der Waals surface area contributed by atoms with Crippen molar-refractivity contribution in [3.8, 4) is 23.1 Å². The number of ether oxygens (including phenoxy) is 1. The summed E-state index contributed by atoms with van der Waals surface area (Å²) in [5.74, 6) is 0.905. The molecule has 3 rings (SSSR count). The minimum Gasteiger partial charge on any atom is -0.497 e. The van der Waals surface area contributed by atoms with E-state index in [0.29, 0.717) is 27.7 Å². The van der Waals surface area contributed by atoms with E-state index in [4.69, 9.17) is 9.88 Å². The average molecular weight is 469 g/mol. The van der Waals surface area contributed by atoms with Crippen LogP contribution in [0.2, 0.25) is 0 Å². The Hall–Kier alpha value is -3.39. The number of methoxy groups -OCH3 is 1. The lowest BCUT2D eigenvalue weighted by Gasteiger charge is -2.08. The molecule has 8 nitrogen and oxygen atoms in total. The van der Waals surface area contributed by atoms with E-state index in [0.717, 1.165) is 11.3 Å². The summed E-state index contributed by atoms with van der Waals surface area (Å²) in [6, 6.07) is 18.7. The van der Waals surface area contributed by atoms with E-state index < -0.39 is 10.0 Å². The molecule has 0 spiro atoms. The van der Waals surface area contributed by atoms with Crippen molar-refractivity contribution in [2.75, 3.05) is 18.2 Å². The number of carbonyl (C=O) groups is 1. The third kappa shape index (κ3) is 6.07. The molecular weight excluding hydrogens is 448 g/mol. The van der Waals surface area contributed by atoms with E-state index in [2.05, 4.69) is 16.4 Å². The predicted octanol–water partition coefficient (Wildman–Crippen LogP) is 3.40. The molecule has 0 fully saturated rings. The molecule has 1 aromatic heterocycles. The van der Waals surface area contributed by atoms with Gasteiger partial charge in [0.2, 0.25) is 15.9 Å². The quantitative estimate of drug-likeness (QED) is 0.484. The Morgan fingerprint density at radius 3 is 2.41 bits per heavy atom. The van der Waals surface area contributed by atoms with Crippen molar-refractivity contribution in [2.24, 2.45) is 5.14 Å². The van der Waals surface area contributed by atoms with Crippen molar-refractivity contribution in [2.45, 2.75) is 16.3 Å². The summed E-state index contributed by atoms with van der Waals surface area (Å²) in [7, 11) is -2.19. The Kier molecular flexibility index (Phi) is 7.48. The number of primary sulfonamides is 1. The number of thioether (sulfide) groups is 1. The first-order chi connectivity index (χ1) is 15.3. The molecule has 1 heterocycles. The van der Waals surface area contributed by atoms with Crippen LogP contribution in [-0.2, 0) is 14.8 Å². The molecule has 0 aliphatic heterocycles. The van der Waals surface area contributed by atoms with Crippen molar-refractivity contribution in [3.63, 3.8) is 0 Å². The second-order valence-electron chi connectivity index (χ2n) is 6.61. The van der Waals surface area contributed by atoms with Gasteiger partial charge < -0.3 is 10.1 Å². The van der Waals surface area contributed by atoms with Gasteiger partial charge in [-0.15, -0.1) is 11.8 Å². The lowest BCUT2D eigenvalue weighted by molar-refractivity contribution is -0.115. The van der Waals surface area contributed by atoms with E-state index in [1.165, 1.54) is 36.0 Å². The zero-order chi connectivity index (χ0) is 23.1. The minimum atomic E-state index is -3.78. The van der Waals surface area contributed by atoms with Crippen LogP contribution in [-0.4, -0.2) is 32.2 Å². The Morgan fingerprint density at radius 2 is 1.81 bits per heavy atom. The number of pyridine rings is 1.